The third kappa shape index (κ3) is 4.05. The van der Waals surface area contributed by atoms with Crippen molar-refractivity contribution in [1.29, 1.82) is 0 Å². The molecule has 1 atom stereocenters. The van der Waals surface area contributed by atoms with Crippen LogP contribution in [0.1, 0.15) is 21.5 Å². The van der Waals surface area contributed by atoms with Crippen LogP contribution in [0.5, 0.6) is 0 Å². The Balaban J connectivity index is 1.54. The molecule has 4 nitrogen and oxygen atoms in total. The highest BCUT2D eigenvalue weighted by Crippen LogP contribution is 2.33. The van der Waals surface area contributed by atoms with Gasteiger partial charge in [0.05, 0.1) is 0 Å². The molecule has 4 rings (SSSR count). The van der Waals surface area contributed by atoms with Crippen LogP contribution in [0, 0.1) is 0 Å². The van der Waals surface area contributed by atoms with Gasteiger partial charge < -0.3 is 5.32 Å². The summed E-state index contributed by atoms with van der Waals surface area (Å²) in [6.45, 7) is 0.438. The van der Waals surface area contributed by atoms with Crippen LogP contribution in [0.25, 0.3) is 0 Å². The standard InChI is InChI=1S/C24H22N2O2S/c1-29-20-13-11-17(12-14-20)16-25-23(27)22-15-19-9-5-6-10-21(19)26(22)24(28)18-7-3-2-4-8-18/h2-14,22H,15-16H2,1H3,(H,25,27). The van der Waals surface area contributed by atoms with E-state index in [4.69, 9.17) is 0 Å². The third-order valence-electron chi connectivity index (χ3n) is 5.14. The minimum absolute atomic E-state index is 0.139. The number of nitrogens with zero attached hydrogens (tertiary/aromatic N) is 1. The van der Waals surface area contributed by atoms with Gasteiger partial charge >= 0.3 is 0 Å². The first-order valence-corrected chi connectivity index (χ1v) is 10.8. The summed E-state index contributed by atoms with van der Waals surface area (Å²) in [4.78, 5) is 29.1. The van der Waals surface area contributed by atoms with Crippen molar-refractivity contribution in [2.75, 3.05) is 11.2 Å². The Labute approximate surface area is 174 Å². The van der Waals surface area contributed by atoms with Gasteiger partial charge in [-0.1, -0.05) is 48.5 Å². The molecule has 1 N–H and O–H groups in total. The molecular weight excluding hydrogens is 380 g/mol. The third-order valence-corrected chi connectivity index (χ3v) is 5.89. The number of hydrogen-bond acceptors (Lipinski definition) is 3. The van der Waals surface area contributed by atoms with Crippen molar-refractivity contribution >= 4 is 29.3 Å². The van der Waals surface area contributed by atoms with E-state index in [-0.39, 0.29) is 11.8 Å². The molecule has 0 aromatic heterocycles. The van der Waals surface area contributed by atoms with Crippen molar-refractivity contribution in [1.82, 2.24) is 5.32 Å². The summed E-state index contributed by atoms with van der Waals surface area (Å²) in [5.41, 5.74) is 3.44. The monoisotopic (exact) mass is 402 g/mol. The number of benzene rings is 3. The largest absolute Gasteiger partial charge is 0.350 e. The fourth-order valence-corrected chi connectivity index (χ4v) is 4.03. The van der Waals surface area contributed by atoms with Crippen molar-refractivity contribution in [3.05, 3.63) is 95.6 Å². The normalized spacial score (nSPS) is 15.1. The summed E-state index contributed by atoms with van der Waals surface area (Å²) < 4.78 is 0. The highest BCUT2D eigenvalue weighted by atomic mass is 32.2. The predicted molar refractivity (Wildman–Crippen MR) is 117 cm³/mol. The number of carbonyl (C=O) groups is 2. The van der Waals surface area contributed by atoms with Gasteiger partial charge in [0, 0.05) is 29.1 Å². The summed E-state index contributed by atoms with van der Waals surface area (Å²) >= 11 is 1.69. The highest BCUT2D eigenvalue weighted by molar-refractivity contribution is 7.98. The molecule has 0 aliphatic carbocycles. The number of thioether (sulfide) groups is 1. The molecule has 1 aliphatic rings. The van der Waals surface area contributed by atoms with Gasteiger partial charge in [0.25, 0.3) is 5.91 Å². The van der Waals surface area contributed by atoms with Gasteiger partial charge in [0.15, 0.2) is 0 Å². The van der Waals surface area contributed by atoms with E-state index in [0.717, 1.165) is 16.8 Å². The Bertz CT molecular complexity index is 1020. The van der Waals surface area contributed by atoms with Crippen LogP contribution in [-0.2, 0) is 17.8 Å². The lowest BCUT2D eigenvalue weighted by atomic mass is 10.1. The maximum Gasteiger partial charge on any atom is 0.259 e. The summed E-state index contributed by atoms with van der Waals surface area (Å²) in [5.74, 6) is -0.292. The molecule has 0 saturated heterocycles. The Morgan fingerprint density at radius 1 is 0.966 bits per heavy atom. The van der Waals surface area contributed by atoms with Crippen molar-refractivity contribution in [2.24, 2.45) is 0 Å². The fraction of sp³-hybridized carbons (Fsp3) is 0.167. The van der Waals surface area contributed by atoms with Crippen LogP contribution in [0.2, 0.25) is 0 Å². The van der Waals surface area contributed by atoms with E-state index in [9.17, 15) is 9.59 Å². The van der Waals surface area contributed by atoms with Crippen molar-refractivity contribution < 1.29 is 9.59 Å². The first-order valence-electron chi connectivity index (χ1n) is 9.54. The van der Waals surface area contributed by atoms with Gasteiger partial charge in [-0.15, -0.1) is 11.8 Å². The van der Waals surface area contributed by atoms with E-state index < -0.39 is 6.04 Å². The molecule has 1 unspecified atom stereocenters. The van der Waals surface area contributed by atoms with Crippen LogP contribution in [0.15, 0.2) is 83.8 Å². The van der Waals surface area contributed by atoms with Crippen LogP contribution < -0.4 is 10.2 Å². The number of nitrogens with one attached hydrogen (secondary N) is 1. The number of hydrogen-bond donors (Lipinski definition) is 1. The second kappa shape index (κ2) is 8.53. The fourth-order valence-electron chi connectivity index (χ4n) is 3.62. The number of carbonyl (C=O) groups excluding carboxylic acids is 2. The lowest BCUT2D eigenvalue weighted by Gasteiger charge is -2.25. The molecule has 2 amide bonds. The van der Waals surface area contributed by atoms with E-state index in [1.54, 1.807) is 28.8 Å². The van der Waals surface area contributed by atoms with Gasteiger partial charge in [-0.3, -0.25) is 14.5 Å². The van der Waals surface area contributed by atoms with Gasteiger partial charge in [-0.05, 0) is 47.7 Å². The van der Waals surface area contributed by atoms with E-state index in [1.807, 2.05) is 73.0 Å². The van der Waals surface area contributed by atoms with Crippen LogP contribution >= 0.6 is 11.8 Å². The molecule has 0 fully saturated rings. The number of para-hydroxylation sites is 1. The summed E-state index contributed by atoms with van der Waals surface area (Å²) in [6, 6.07) is 24.4. The van der Waals surface area contributed by atoms with Gasteiger partial charge in [0.2, 0.25) is 5.91 Å². The molecule has 146 valence electrons. The summed E-state index contributed by atoms with van der Waals surface area (Å²) in [6.07, 6.45) is 2.55. The molecule has 3 aromatic rings. The lowest BCUT2D eigenvalue weighted by Crippen LogP contribution is -2.48. The second-order valence-electron chi connectivity index (χ2n) is 6.96. The zero-order chi connectivity index (χ0) is 20.2. The smallest absolute Gasteiger partial charge is 0.259 e. The maximum atomic E-state index is 13.2. The predicted octanol–water partition coefficient (Wildman–Crippen LogP) is 4.30. The lowest BCUT2D eigenvalue weighted by molar-refractivity contribution is -0.122. The van der Waals surface area contributed by atoms with Crippen LogP contribution in [0.3, 0.4) is 0 Å². The van der Waals surface area contributed by atoms with E-state index >= 15 is 0 Å². The number of fused-ring (bicyclic) bond motifs is 1. The molecule has 5 heteroatoms. The average molecular weight is 403 g/mol. The highest BCUT2D eigenvalue weighted by Gasteiger charge is 2.38. The number of anilines is 1. The minimum Gasteiger partial charge on any atom is -0.350 e. The molecule has 0 radical (unpaired) electrons. The SMILES string of the molecule is CSc1ccc(CNC(=O)C2Cc3ccccc3N2C(=O)c2ccccc2)cc1. The zero-order valence-corrected chi connectivity index (χ0v) is 17.0. The van der Waals surface area contributed by atoms with Crippen LogP contribution in [-0.4, -0.2) is 24.1 Å². The molecule has 0 bridgehead atoms. The van der Waals surface area contributed by atoms with E-state index in [2.05, 4.69) is 5.32 Å². The van der Waals surface area contributed by atoms with Crippen molar-refractivity contribution in [3.8, 4) is 0 Å². The zero-order valence-electron chi connectivity index (χ0n) is 16.2. The molecular formula is C24H22N2O2S. The quantitative estimate of drug-likeness (QED) is 0.648. The van der Waals surface area contributed by atoms with Crippen LogP contribution in [0.4, 0.5) is 5.69 Å². The van der Waals surface area contributed by atoms with Crippen molar-refractivity contribution in [3.63, 3.8) is 0 Å². The number of rotatable bonds is 5. The summed E-state index contributed by atoms with van der Waals surface area (Å²) in [7, 11) is 0. The molecule has 29 heavy (non-hydrogen) atoms. The van der Waals surface area contributed by atoms with E-state index in [1.165, 1.54) is 4.90 Å². The Morgan fingerprint density at radius 2 is 1.66 bits per heavy atom. The molecule has 0 saturated carbocycles. The first-order chi connectivity index (χ1) is 14.2. The molecule has 1 aliphatic heterocycles. The van der Waals surface area contributed by atoms with E-state index in [0.29, 0.717) is 18.5 Å². The average Bonchev–Trinajstić information content (AvgIpc) is 3.17. The maximum absolute atomic E-state index is 13.2. The topological polar surface area (TPSA) is 49.4 Å². The van der Waals surface area contributed by atoms with Gasteiger partial charge in [-0.2, -0.15) is 0 Å². The molecule has 1 heterocycles. The first kappa shape index (κ1) is 19.3. The Hall–Kier alpha value is -3.05. The Morgan fingerprint density at radius 3 is 2.38 bits per heavy atom. The van der Waals surface area contributed by atoms with Gasteiger partial charge in [-0.25, -0.2) is 0 Å². The molecule has 0 spiro atoms. The number of amides is 2. The van der Waals surface area contributed by atoms with Gasteiger partial charge in [0.1, 0.15) is 6.04 Å². The second-order valence-corrected chi connectivity index (χ2v) is 7.84. The Kier molecular flexibility index (Phi) is 5.67. The van der Waals surface area contributed by atoms with Crippen molar-refractivity contribution in [2.45, 2.75) is 23.9 Å². The molecule has 3 aromatic carbocycles. The minimum atomic E-state index is -0.550. The summed E-state index contributed by atoms with van der Waals surface area (Å²) in [5, 5.41) is 3.01.